The van der Waals surface area contributed by atoms with Gasteiger partial charge < -0.3 is 15.2 Å². The summed E-state index contributed by atoms with van der Waals surface area (Å²) in [5.41, 5.74) is 7.15. The summed E-state index contributed by atoms with van der Waals surface area (Å²) < 4.78 is 18.9. The first kappa shape index (κ1) is 18.5. The number of piperidine rings is 1. The molecule has 3 rings (SSSR count). The number of nitrogens with two attached hydrogens (primary N) is 1. The van der Waals surface area contributed by atoms with Gasteiger partial charge >= 0.3 is 0 Å². The first-order chi connectivity index (χ1) is 12.5. The summed E-state index contributed by atoms with van der Waals surface area (Å²) in [6.45, 7) is 4.40. The second-order valence-corrected chi connectivity index (χ2v) is 6.99. The van der Waals surface area contributed by atoms with Crippen molar-refractivity contribution in [2.75, 3.05) is 6.54 Å². The Bertz CT molecular complexity index is 775. The van der Waals surface area contributed by atoms with Crippen molar-refractivity contribution < 1.29 is 13.7 Å². The van der Waals surface area contributed by atoms with Crippen LogP contribution in [0.4, 0.5) is 4.39 Å². The number of halogens is 1. The quantitative estimate of drug-likeness (QED) is 0.886. The van der Waals surface area contributed by atoms with E-state index in [1.807, 2.05) is 11.8 Å². The smallest absolute Gasteiger partial charge is 0.227 e. The molecule has 0 spiro atoms. The zero-order chi connectivity index (χ0) is 18.7. The van der Waals surface area contributed by atoms with Gasteiger partial charge in [-0.05, 0) is 44.7 Å². The third-order valence-electron chi connectivity index (χ3n) is 4.93. The Hall–Kier alpha value is -2.28. The summed E-state index contributed by atoms with van der Waals surface area (Å²) in [6, 6.07) is 4.87. The number of hydrogen-bond acceptors (Lipinski definition) is 5. The lowest BCUT2D eigenvalue weighted by molar-refractivity contribution is -0.135. The minimum Gasteiger partial charge on any atom is -0.339 e. The van der Waals surface area contributed by atoms with Crippen molar-refractivity contribution in [1.82, 2.24) is 15.0 Å². The monoisotopic (exact) mass is 360 g/mol. The SMILES string of the molecule is Cc1ccc(-c2noc(CCC(=O)N3CCCCC3C(C)N)n2)cc1F. The van der Waals surface area contributed by atoms with Gasteiger partial charge in [-0.3, -0.25) is 4.79 Å². The molecular formula is C19H25FN4O2. The molecule has 140 valence electrons. The molecule has 26 heavy (non-hydrogen) atoms. The molecule has 7 heteroatoms. The highest BCUT2D eigenvalue weighted by molar-refractivity contribution is 5.77. The van der Waals surface area contributed by atoms with Crippen LogP contribution in [-0.2, 0) is 11.2 Å². The van der Waals surface area contributed by atoms with Gasteiger partial charge in [0.2, 0.25) is 17.6 Å². The number of carbonyl (C=O) groups excluding carboxylic acids is 1. The van der Waals surface area contributed by atoms with E-state index in [-0.39, 0.29) is 23.8 Å². The van der Waals surface area contributed by atoms with Gasteiger partial charge in [0.15, 0.2) is 0 Å². The number of rotatable bonds is 5. The maximum Gasteiger partial charge on any atom is 0.227 e. The van der Waals surface area contributed by atoms with Crippen molar-refractivity contribution in [2.45, 2.75) is 58.0 Å². The summed E-state index contributed by atoms with van der Waals surface area (Å²) in [4.78, 5) is 18.7. The number of hydrogen-bond donors (Lipinski definition) is 1. The van der Waals surface area contributed by atoms with Gasteiger partial charge in [-0.15, -0.1) is 0 Å². The van der Waals surface area contributed by atoms with Crippen LogP contribution < -0.4 is 5.73 Å². The Labute approximate surface area is 152 Å². The molecule has 2 heterocycles. The van der Waals surface area contributed by atoms with E-state index in [1.165, 1.54) is 6.07 Å². The number of benzene rings is 1. The molecule has 0 bridgehead atoms. The Morgan fingerprint density at radius 3 is 3.00 bits per heavy atom. The molecule has 2 N–H and O–H groups in total. The van der Waals surface area contributed by atoms with Crippen LogP contribution in [0.3, 0.4) is 0 Å². The third-order valence-corrected chi connectivity index (χ3v) is 4.93. The summed E-state index contributed by atoms with van der Waals surface area (Å²) in [5, 5.41) is 3.89. The Kier molecular flexibility index (Phi) is 5.66. The topological polar surface area (TPSA) is 85.2 Å². The van der Waals surface area contributed by atoms with Crippen molar-refractivity contribution in [3.8, 4) is 11.4 Å². The standard InChI is InChI=1S/C19H25FN4O2/c1-12-6-7-14(11-15(12)20)19-22-17(26-23-19)8-9-18(25)24-10-4-3-5-16(24)13(2)21/h6-7,11,13,16H,3-5,8-10,21H2,1-2H3. The van der Waals surface area contributed by atoms with Gasteiger partial charge in [0.25, 0.3) is 0 Å². The van der Waals surface area contributed by atoms with Gasteiger partial charge in [-0.25, -0.2) is 4.39 Å². The molecule has 1 aromatic carbocycles. The maximum atomic E-state index is 13.7. The number of carbonyl (C=O) groups is 1. The van der Waals surface area contributed by atoms with Crippen LogP contribution in [0.15, 0.2) is 22.7 Å². The first-order valence-electron chi connectivity index (χ1n) is 9.10. The fourth-order valence-corrected chi connectivity index (χ4v) is 3.38. The first-order valence-corrected chi connectivity index (χ1v) is 9.10. The molecule has 0 radical (unpaired) electrons. The lowest BCUT2D eigenvalue weighted by Crippen LogP contribution is -2.51. The van der Waals surface area contributed by atoms with Crippen molar-refractivity contribution in [3.05, 3.63) is 35.5 Å². The second kappa shape index (κ2) is 7.95. The lowest BCUT2D eigenvalue weighted by atomic mass is 9.96. The minimum atomic E-state index is -0.309. The van der Waals surface area contributed by atoms with Gasteiger partial charge in [0, 0.05) is 37.0 Å². The number of nitrogens with zero attached hydrogens (tertiary/aromatic N) is 3. The van der Waals surface area contributed by atoms with Crippen molar-refractivity contribution in [2.24, 2.45) is 5.73 Å². The lowest BCUT2D eigenvalue weighted by Gasteiger charge is -2.38. The van der Waals surface area contributed by atoms with E-state index in [9.17, 15) is 9.18 Å². The number of aryl methyl sites for hydroxylation is 2. The van der Waals surface area contributed by atoms with E-state index in [1.54, 1.807) is 19.1 Å². The van der Waals surface area contributed by atoms with E-state index >= 15 is 0 Å². The van der Waals surface area contributed by atoms with Gasteiger partial charge in [0.1, 0.15) is 5.82 Å². The zero-order valence-electron chi connectivity index (χ0n) is 15.2. The number of amides is 1. The highest BCUT2D eigenvalue weighted by Crippen LogP contribution is 2.22. The predicted molar refractivity (Wildman–Crippen MR) is 95.8 cm³/mol. The Morgan fingerprint density at radius 2 is 2.27 bits per heavy atom. The predicted octanol–water partition coefficient (Wildman–Crippen LogP) is 2.85. The number of likely N-dealkylation sites (tertiary alicyclic amines) is 1. The Balaban J connectivity index is 1.62. The normalized spacial score (nSPS) is 18.8. The van der Waals surface area contributed by atoms with Crippen molar-refractivity contribution in [1.29, 1.82) is 0 Å². The van der Waals surface area contributed by atoms with Gasteiger partial charge in [0.05, 0.1) is 0 Å². The zero-order valence-corrected chi connectivity index (χ0v) is 15.2. The molecule has 1 amide bonds. The highest BCUT2D eigenvalue weighted by Gasteiger charge is 2.29. The fourth-order valence-electron chi connectivity index (χ4n) is 3.38. The summed E-state index contributed by atoms with van der Waals surface area (Å²) >= 11 is 0. The molecule has 1 aliphatic rings. The summed E-state index contributed by atoms with van der Waals surface area (Å²) in [7, 11) is 0. The number of aromatic nitrogens is 2. The fraction of sp³-hybridized carbons (Fsp3) is 0.526. The van der Waals surface area contributed by atoms with Crippen molar-refractivity contribution >= 4 is 5.91 Å². The molecule has 1 saturated heterocycles. The molecule has 2 unspecified atom stereocenters. The molecule has 6 nitrogen and oxygen atoms in total. The molecule has 1 fully saturated rings. The third kappa shape index (κ3) is 4.09. The largest absolute Gasteiger partial charge is 0.339 e. The van der Waals surface area contributed by atoms with Crippen LogP contribution in [0.5, 0.6) is 0 Å². The second-order valence-electron chi connectivity index (χ2n) is 6.99. The van der Waals surface area contributed by atoms with Gasteiger partial charge in [-0.1, -0.05) is 17.3 Å². The van der Waals surface area contributed by atoms with E-state index in [2.05, 4.69) is 10.1 Å². The van der Waals surface area contributed by atoms with Crippen LogP contribution in [0, 0.1) is 12.7 Å². The van der Waals surface area contributed by atoms with E-state index in [0.717, 1.165) is 25.8 Å². The average molecular weight is 360 g/mol. The molecular weight excluding hydrogens is 335 g/mol. The van der Waals surface area contributed by atoms with Crippen molar-refractivity contribution in [3.63, 3.8) is 0 Å². The molecule has 0 saturated carbocycles. The molecule has 0 aliphatic carbocycles. The van der Waals surface area contributed by atoms with Gasteiger partial charge in [-0.2, -0.15) is 4.98 Å². The van der Waals surface area contributed by atoms with Crippen LogP contribution in [-0.4, -0.2) is 39.6 Å². The van der Waals surface area contributed by atoms with Crippen LogP contribution in [0.1, 0.15) is 44.1 Å². The van der Waals surface area contributed by atoms with Crippen LogP contribution >= 0.6 is 0 Å². The van der Waals surface area contributed by atoms with Crippen LogP contribution in [0.25, 0.3) is 11.4 Å². The summed E-state index contributed by atoms with van der Waals surface area (Å²) in [6.07, 6.45) is 3.73. The highest BCUT2D eigenvalue weighted by atomic mass is 19.1. The molecule has 2 aromatic rings. The Morgan fingerprint density at radius 1 is 1.46 bits per heavy atom. The van der Waals surface area contributed by atoms with E-state index in [4.69, 9.17) is 10.3 Å². The molecule has 1 aliphatic heterocycles. The minimum absolute atomic E-state index is 0.0364. The van der Waals surface area contributed by atoms with Crippen LogP contribution in [0.2, 0.25) is 0 Å². The maximum absolute atomic E-state index is 13.7. The van der Waals surface area contributed by atoms with E-state index in [0.29, 0.717) is 35.7 Å². The average Bonchev–Trinajstić information content (AvgIpc) is 3.11. The molecule has 1 aromatic heterocycles. The van der Waals surface area contributed by atoms with E-state index < -0.39 is 0 Å². The molecule has 2 atom stereocenters. The summed E-state index contributed by atoms with van der Waals surface area (Å²) in [5.74, 6) is 0.464.